The van der Waals surface area contributed by atoms with Crippen LogP contribution >= 0.6 is 11.3 Å². The first-order valence-electron chi connectivity index (χ1n) is 13.0. The second-order valence-electron chi connectivity index (χ2n) is 12.6. The van der Waals surface area contributed by atoms with Crippen molar-refractivity contribution in [3.05, 3.63) is 17.3 Å². The van der Waals surface area contributed by atoms with Gasteiger partial charge in [-0.2, -0.15) is 13.2 Å². The summed E-state index contributed by atoms with van der Waals surface area (Å²) in [5, 5.41) is 0.657. The molecule has 0 bridgehead atoms. The number of ether oxygens (including phenoxy) is 1. The van der Waals surface area contributed by atoms with Crippen LogP contribution in [0.4, 0.5) is 28.2 Å². The molecule has 0 saturated carbocycles. The number of carbonyl (C=O) groups is 1. The van der Waals surface area contributed by atoms with Crippen LogP contribution in [0.3, 0.4) is 0 Å². The van der Waals surface area contributed by atoms with Crippen molar-refractivity contribution in [3.8, 4) is 0 Å². The van der Waals surface area contributed by atoms with Crippen LogP contribution in [0.1, 0.15) is 45.9 Å². The number of likely N-dealkylation sites (tertiary alicyclic amines) is 2. The third-order valence-corrected chi connectivity index (χ3v) is 8.71. The van der Waals surface area contributed by atoms with Gasteiger partial charge in [0.05, 0.1) is 24.9 Å². The molecule has 0 radical (unpaired) electrons. The summed E-state index contributed by atoms with van der Waals surface area (Å²) < 4.78 is 60.2. The number of aromatic nitrogens is 2. The largest absolute Gasteiger partial charge is 0.444 e. The number of rotatable bonds is 5. The molecular weight excluding hydrogens is 522 g/mol. The fourth-order valence-corrected chi connectivity index (χ4v) is 7.41. The van der Waals surface area contributed by atoms with Crippen molar-refractivity contribution >= 4 is 33.5 Å². The molecule has 0 aromatic carbocycles. The van der Waals surface area contributed by atoms with E-state index in [-0.39, 0.29) is 35.3 Å². The van der Waals surface area contributed by atoms with Crippen molar-refractivity contribution in [1.29, 1.82) is 0 Å². The standard InChI is InChI=1S/C26H35F4N5O2S/c1-16(2)19(25(27)13-35(14-25)22(36)37-23(3,4)5)34-11-24(12-34)6-7-33(10-24)20-18-8-17(9-26(28,29)30)38-21(18)32-15-31-20/h8,15-16,19H,6-7,9-14H2,1-5H3/t19-/m1/s1. The molecule has 2 aromatic heterocycles. The van der Waals surface area contributed by atoms with Gasteiger partial charge >= 0.3 is 12.3 Å². The van der Waals surface area contributed by atoms with Crippen molar-refractivity contribution in [1.82, 2.24) is 19.8 Å². The Morgan fingerprint density at radius 1 is 1.13 bits per heavy atom. The predicted octanol–water partition coefficient (Wildman–Crippen LogP) is 5.29. The van der Waals surface area contributed by atoms with E-state index in [9.17, 15) is 18.0 Å². The lowest BCUT2D eigenvalue weighted by atomic mass is 9.72. The van der Waals surface area contributed by atoms with Crippen molar-refractivity contribution in [2.45, 2.75) is 70.9 Å². The first-order valence-corrected chi connectivity index (χ1v) is 13.8. The van der Waals surface area contributed by atoms with Gasteiger partial charge in [0.15, 0.2) is 5.67 Å². The van der Waals surface area contributed by atoms with Gasteiger partial charge in [0.2, 0.25) is 0 Å². The number of nitrogens with zero attached hydrogens (tertiary/aromatic N) is 5. The topological polar surface area (TPSA) is 61.8 Å². The van der Waals surface area contributed by atoms with E-state index in [0.717, 1.165) is 37.4 Å². The Kier molecular flexibility index (Phi) is 6.61. The molecule has 5 heterocycles. The summed E-state index contributed by atoms with van der Waals surface area (Å²) in [7, 11) is 0. The average Bonchev–Trinajstić information content (AvgIpc) is 3.32. The molecule has 3 aliphatic heterocycles. The summed E-state index contributed by atoms with van der Waals surface area (Å²) in [6, 6.07) is 1.25. The van der Waals surface area contributed by atoms with E-state index in [1.165, 1.54) is 11.2 Å². The summed E-state index contributed by atoms with van der Waals surface area (Å²) in [6.45, 7) is 12.4. The third kappa shape index (κ3) is 5.30. The van der Waals surface area contributed by atoms with Crippen molar-refractivity contribution in [2.75, 3.05) is 44.2 Å². The average molecular weight is 558 g/mol. The van der Waals surface area contributed by atoms with Gasteiger partial charge in [0.1, 0.15) is 22.6 Å². The fraction of sp³-hybridized carbons (Fsp3) is 0.731. The molecule has 1 spiro atoms. The van der Waals surface area contributed by atoms with E-state index in [4.69, 9.17) is 4.74 Å². The number of fused-ring (bicyclic) bond motifs is 1. The minimum atomic E-state index is -4.27. The summed E-state index contributed by atoms with van der Waals surface area (Å²) in [4.78, 5) is 27.5. The molecule has 0 N–H and O–H groups in total. The SMILES string of the molecule is CC(C)[C@@H](N1CC2(CCN(c3ncnc4sc(CC(F)(F)F)cc34)C2)C1)C1(F)CN(C(=O)OC(C)(C)C)C1. The zero-order chi connectivity index (χ0) is 27.7. The van der Waals surface area contributed by atoms with Crippen LogP contribution in [0.2, 0.25) is 0 Å². The van der Waals surface area contributed by atoms with E-state index in [2.05, 4.69) is 19.8 Å². The zero-order valence-corrected chi connectivity index (χ0v) is 23.3. The molecular formula is C26H35F4N5O2S. The lowest BCUT2D eigenvalue weighted by Gasteiger charge is -2.59. The molecule has 1 atom stereocenters. The first-order chi connectivity index (χ1) is 17.6. The smallest absolute Gasteiger partial charge is 0.410 e. The van der Waals surface area contributed by atoms with Crippen molar-refractivity contribution < 1.29 is 27.1 Å². The maximum Gasteiger partial charge on any atom is 0.410 e. The molecule has 3 saturated heterocycles. The summed E-state index contributed by atoms with van der Waals surface area (Å²) in [5.41, 5.74) is -2.13. The normalized spacial score (nSPS) is 22.2. The minimum absolute atomic E-state index is 0.0137. The molecule has 5 rings (SSSR count). The van der Waals surface area contributed by atoms with Gasteiger partial charge in [-0.1, -0.05) is 13.8 Å². The lowest BCUT2D eigenvalue weighted by molar-refractivity contribution is -0.142. The Bertz CT molecular complexity index is 1200. The summed E-state index contributed by atoms with van der Waals surface area (Å²) in [6.07, 6.45) is -3.41. The van der Waals surface area contributed by atoms with Crippen LogP contribution < -0.4 is 4.90 Å². The number of alkyl halides is 4. The molecule has 1 amide bonds. The second-order valence-corrected chi connectivity index (χ2v) is 13.7. The zero-order valence-electron chi connectivity index (χ0n) is 22.4. The maximum atomic E-state index is 16.1. The highest BCUT2D eigenvalue weighted by atomic mass is 32.1. The van der Waals surface area contributed by atoms with Gasteiger partial charge in [-0.25, -0.2) is 19.2 Å². The van der Waals surface area contributed by atoms with E-state index in [1.54, 1.807) is 26.8 Å². The van der Waals surface area contributed by atoms with Crippen LogP contribution in [0.5, 0.6) is 0 Å². The van der Waals surface area contributed by atoms with Gasteiger partial charge < -0.3 is 14.5 Å². The highest BCUT2D eigenvalue weighted by Gasteiger charge is 2.59. The van der Waals surface area contributed by atoms with Crippen LogP contribution in [-0.4, -0.2) is 88.6 Å². The van der Waals surface area contributed by atoms with Crippen LogP contribution in [0.25, 0.3) is 10.2 Å². The number of amides is 1. The molecule has 3 fully saturated rings. The Balaban J connectivity index is 1.24. The number of hydrogen-bond acceptors (Lipinski definition) is 7. The van der Waals surface area contributed by atoms with Gasteiger partial charge in [-0.3, -0.25) is 4.90 Å². The van der Waals surface area contributed by atoms with Crippen molar-refractivity contribution in [2.24, 2.45) is 11.3 Å². The van der Waals surface area contributed by atoms with E-state index < -0.39 is 30.0 Å². The van der Waals surface area contributed by atoms with E-state index in [1.807, 2.05) is 13.8 Å². The second kappa shape index (κ2) is 9.18. The number of hydrogen-bond donors (Lipinski definition) is 0. The molecule has 7 nitrogen and oxygen atoms in total. The molecule has 0 unspecified atom stereocenters. The maximum absolute atomic E-state index is 16.1. The fourth-order valence-electron chi connectivity index (χ4n) is 6.39. The van der Waals surface area contributed by atoms with Gasteiger partial charge in [0, 0.05) is 42.5 Å². The van der Waals surface area contributed by atoms with Crippen LogP contribution in [0.15, 0.2) is 12.4 Å². The lowest BCUT2D eigenvalue weighted by Crippen LogP contribution is -2.75. The molecule has 0 aliphatic carbocycles. The van der Waals surface area contributed by atoms with Crippen LogP contribution in [-0.2, 0) is 11.2 Å². The highest BCUT2D eigenvalue weighted by Crippen LogP contribution is 2.47. The number of halogens is 4. The summed E-state index contributed by atoms with van der Waals surface area (Å²) >= 11 is 1.06. The van der Waals surface area contributed by atoms with Crippen LogP contribution in [0, 0.1) is 11.3 Å². The molecule has 2 aromatic rings. The number of anilines is 1. The van der Waals surface area contributed by atoms with Crippen molar-refractivity contribution in [3.63, 3.8) is 0 Å². The number of carbonyl (C=O) groups excluding carboxylic acids is 1. The Hall–Kier alpha value is -2.21. The Labute approximate surface area is 224 Å². The molecule has 12 heteroatoms. The molecule has 210 valence electrons. The third-order valence-electron chi connectivity index (χ3n) is 7.66. The quantitative estimate of drug-likeness (QED) is 0.466. The van der Waals surface area contributed by atoms with E-state index >= 15 is 4.39 Å². The molecule has 3 aliphatic rings. The Morgan fingerprint density at radius 2 is 1.82 bits per heavy atom. The Morgan fingerprint density at radius 3 is 2.42 bits per heavy atom. The minimum Gasteiger partial charge on any atom is -0.444 e. The van der Waals surface area contributed by atoms with E-state index in [0.29, 0.717) is 22.6 Å². The molecule has 38 heavy (non-hydrogen) atoms. The summed E-state index contributed by atoms with van der Waals surface area (Å²) in [5.74, 6) is 0.736. The number of thiophene rings is 1. The van der Waals surface area contributed by atoms with Gasteiger partial charge in [-0.15, -0.1) is 11.3 Å². The monoisotopic (exact) mass is 557 g/mol. The first kappa shape index (κ1) is 27.4. The van der Waals surface area contributed by atoms with Gasteiger partial charge in [0.25, 0.3) is 0 Å². The highest BCUT2D eigenvalue weighted by molar-refractivity contribution is 7.18. The van der Waals surface area contributed by atoms with Gasteiger partial charge in [-0.05, 0) is 39.2 Å². The predicted molar refractivity (Wildman–Crippen MR) is 138 cm³/mol.